The van der Waals surface area contributed by atoms with Crippen molar-refractivity contribution >= 4 is 5.69 Å². The molecule has 2 N–H and O–H groups in total. The van der Waals surface area contributed by atoms with Crippen molar-refractivity contribution in [3.05, 3.63) is 12.4 Å². The van der Waals surface area contributed by atoms with Crippen LogP contribution in [0.5, 0.6) is 0 Å². The summed E-state index contributed by atoms with van der Waals surface area (Å²) in [5.41, 5.74) is 6.30. The minimum absolute atomic E-state index is 0.462. The van der Waals surface area contributed by atoms with E-state index < -0.39 is 0 Å². The van der Waals surface area contributed by atoms with Crippen molar-refractivity contribution in [2.75, 3.05) is 12.3 Å². The van der Waals surface area contributed by atoms with Gasteiger partial charge in [-0.3, -0.25) is 4.68 Å². The third-order valence-electron chi connectivity index (χ3n) is 3.29. The average Bonchev–Trinajstić information content (AvgIpc) is 2.67. The number of anilines is 1. The van der Waals surface area contributed by atoms with Gasteiger partial charge in [0.25, 0.3) is 0 Å². The molecule has 1 aliphatic carbocycles. The van der Waals surface area contributed by atoms with Crippen LogP contribution in [0.1, 0.15) is 32.6 Å². The molecule has 1 fully saturated rings. The van der Waals surface area contributed by atoms with E-state index in [0.29, 0.717) is 11.8 Å². The Hall–Kier alpha value is -1.03. The molecule has 0 radical (unpaired) electrons. The number of hydrogen-bond acceptors (Lipinski definition) is 3. The number of rotatable bonds is 4. The summed E-state index contributed by atoms with van der Waals surface area (Å²) in [5, 5.41) is 4.12. The van der Waals surface area contributed by atoms with Crippen LogP contribution in [-0.2, 0) is 11.3 Å². The van der Waals surface area contributed by atoms with Gasteiger partial charge in [0.1, 0.15) is 0 Å². The minimum Gasteiger partial charge on any atom is -0.396 e. The first-order valence-corrected chi connectivity index (χ1v) is 6.13. The quantitative estimate of drug-likeness (QED) is 0.850. The standard InChI is InChI=1S/C12H21N3O/c1-10-2-4-12(5-3-10)16-7-6-15-9-11(13)8-14-15/h8-10,12H,2-7,13H2,1H3. The van der Waals surface area contributed by atoms with E-state index in [4.69, 9.17) is 10.5 Å². The largest absolute Gasteiger partial charge is 0.396 e. The molecule has 1 aliphatic rings. The maximum Gasteiger partial charge on any atom is 0.0719 e. The van der Waals surface area contributed by atoms with Crippen LogP contribution in [-0.4, -0.2) is 22.5 Å². The number of hydrogen-bond donors (Lipinski definition) is 1. The molecule has 0 unspecified atom stereocenters. The highest BCUT2D eigenvalue weighted by Crippen LogP contribution is 2.25. The fourth-order valence-corrected chi connectivity index (χ4v) is 2.21. The third-order valence-corrected chi connectivity index (χ3v) is 3.29. The molecule has 0 amide bonds. The van der Waals surface area contributed by atoms with E-state index in [0.717, 1.165) is 19.1 Å². The molecule has 0 spiro atoms. The van der Waals surface area contributed by atoms with Gasteiger partial charge in [0.05, 0.1) is 31.1 Å². The summed E-state index contributed by atoms with van der Waals surface area (Å²) >= 11 is 0. The van der Waals surface area contributed by atoms with E-state index in [1.54, 1.807) is 6.20 Å². The second-order valence-corrected chi connectivity index (χ2v) is 4.79. The molecule has 0 aliphatic heterocycles. The van der Waals surface area contributed by atoms with Crippen molar-refractivity contribution in [3.8, 4) is 0 Å². The molecule has 90 valence electrons. The van der Waals surface area contributed by atoms with Gasteiger partial charge in [-0.1, -0.05) is 6.92 Å². The maximum atomic E-state index is 5.84. The Balaban J connectivity index is 1.64. The average molecular weight is 223 g/mol. The summed E-state index contributed by atoms with van der Waals surface area (Å²) in [6.07, 6.45) is 9.00. The molecule has 2 rings (SSSR count). The maximum absolute atomic E-state index is 5.84. The third kappa shape index (κ3) is 3.23. The van der Waals surface area contributed by atoms with Crippen LogP contribution < -0.4 is 5.73 Å². The van der Waals surface area contributed by atoms with Crippen LogP contribution in [0.2, 0.25) is 0 Å². The molecular formula is C12H21N3O. The van der Waals surface area contributed by atoms with E-state index in [9.17, 15) is 0 Å². The van der Waals surface area contributed by atoms with Crippen molar-refractivity contribution < 1.29 is 4.74 Å². The first-order valence-electron chi connectivity index (χ1n) is 6.13. The van der Waals surface area contributed by atoms with E-state index >= 15 is 0 Å². The van der Waals surface area contributed by atoms with Crippen molar-refractivity contribution in [1.29, 1.82) is 0 Å². The highest BCUT2D eigenvalue weighted by atomic mass is 16.5. The highest BCUT2D eigenvalue weighted by Gasteiger charge is 2.18. The predicted octanol–water partition coefficient (Wildman–Crippen LogP) is 2.06. The fourth-order valence-electron chi connectivity index (χ4n) is 2.21. The molecule has 0 saturated heterocycles. The van der Waals surface area contributed by atoms with Gasteiger partial charge in [0, 0.05) is 6.20 Å². The lowest BCUT2D eigenvalue weighted by atomic mass is 9.89. The summed E-state index contributed by atoms with van der Waals surface area (Å²) in [6.45, 7) is 3.85. The Morgan fingerprint density at radius 1 is 1.44 bits per heavy atom. The Labute approximate surface area is 96.8 Å². The molecule has 0 bridgehead atoms. The number of nitrogen functional groups attached to an aromatic ring is 1. The van der Waals surface area contributed by atoms with Crippen LogP contribution in [0, 0.1) is 5.92 Å². The van der Waals surface area contributed by atoms with Crippen LogP contribution in [0.3, 0.4) is 0 Å². The zero-order chi connectivity index (χ0) is 11.4. The first kappa shape index (κ1) is 11.5. The van der Waals surface area contributed by atoms with E-state index in [-0.39, 0.29) is 0 Å². The van der Waals surface area contributed by atoms with E-state index in [1.165, 1.54) is 25.7 Å². The van der Waals surface area contributed by atoms with Crippen molar-refractivity contribution in [1.82, 2.24) is 9.78 Å². The second kappa shape index (κ2) is 5.34. The Morgan fingerprint density at radius 2 is 2.19 bits per heavy atom. The molecule has 16 heavy (non-hydrogen) atoms. The number of nitrogens with two attached hydrogens (primary N) is 1. The van der Waals surface area contributed by atoms with Crippen molar-refractivity contribution in [2.45, 2.75) is 45.3 Å². The van der Waals surface area contributed by atoms with Crippen LogP contribution in [0.4, 0.5) is 5.69 Å². The number of ether oxygens (including phenoxy) is 1. The van der Waals surface area contributed by atoms with E-state index in [1.807, 2.05) is 10.9 Å². The van der Waals surface area contributed by atoms with Crippen LogP contribution in [0.25, 0.3) is 0 Å². The molecule has 4 heteroatoms. The van der Waals surface area contributed by atoms with Crippen molar-refractivity contribution in [3.63, 3.8) is 0 Å². The summed E-state index contributed by atoms with van der Waals surface area (Å²) in [5.74, 6) is 0.880. The van der Waals surface area contributed by atoms with Gasteiger partial charge >= 0.3 is 0 Å². The molecule has 0 atom stereocenters. The Morgan fingerprint density at radius 3 is 2.81 bits per heavy atom. The zero-order valence-corrected chi connectivity index (χ0v) is 9.93. The molecule has 1 saturated carbocycles. The summed E-state index contributed by atoms with van der Waals surface area (Å²) < 4.78 is 7.68. The first-order chi connectivity index (χ1) is 7.74. The molecule has 1 heterocycles. The summed E-state index contributed by atoms with van der Waals surface area (Å²) in [6, 6.07) is 0. The van der Waals surface area contributed by atoms with Gasteiger partial charge in [0.15, 0.2) is 0 Å². The van der Waals surface area contributed by atoms with Gasteiger partial charge in [0.2, 0.25) is 0 Å². The molecular weight excluding hydrogens is 202 g/mol. The topological polar surface area (TPSA) is 53.1 Å². The summed E-state index contributed by atoms with van der Waals surface area (Å²) in [7, 11) is 0. The lowest BCUT2D eigenvalue weighted by Gasteiger charge is -2.26. The highest BCUT2D eigenvalue weighted by molar-refractivity contribution is 5.30. The van der Waals surface area contributed by atoms with Crippen molar-refractivity contribution in [2.24, 2.45) is 5.92 Å². The minimum atomic E-state index is 0.462. The van der Waals surface area contributed by atoms with Gasteiger partial charge in [-0.05, 0) is 31.6 Å². The van der Waals surface area contributed by atoms with Gasteiger partial charge < -0.3 is 10.5 Å². The number of nitrogens with zero attached hydrogens (tertiary/aromatic N) is 2. The van der Waals surface area contributed by atoms with Gasteiger partial charge in [-0.2, -0.15) is 5.10 Å². The molecule has 1 aromatic rings. The Kier molecular flexibility index (Phi) is 3.83. The SMILES string of the molecule is CC1CCC(OCCn2cc(N)cn2)CC1. The normalized spacial score (nSPS) is 25.8. The van der Waals surface area contributed by atoms with E-state index in [2.05, 4.69) is 12.0 Å². The lowest BCUT2D eigenvalue weighted by Crippen LogP contribution is -2.22. The van der Waals surface area contributed by atoms with Gasteiger partial charge in [-0.25, -0.2) is 0 Å². The van der Waals surface area contributed by atoms with Crippen LogP contribution >= 0.6 is 0 Å². The molecule has 4 nitrogen and oxygen atoms in total. The smallest absolute Gasteiger partial charge is 0.0719 e. The predicted molar refractivity (Wildman–Crippen MR) is 64.0 cm³/mol. The summed E-state index contributed by atoms with van der Waals surface area (Å²) in [4.78, 5) is 0. The lowest BCUT2D eigenvalue weighted by molar-refractivity contribution is 0.0147. The molecule has 0 aromatic carbocycles. The molecule has 1 aromatic heterocycles. The number of aromatic nitrogens is 2. The fraction of sp³-hybridized carbons (Fsp3) is 0.750. The van der Waals surface area contributed by atoms with Crippen LogP contribution in [0.15, 0.2) is 12.4 Å². The second-order valence-electron chi connectivity index (χ2n) is 4.79. The van der Waals surface area contributed by atoms with Gasteiger partial charge in [-0.15, -0.1) is 0 Å². The Bertz CT molecular complexity index is 316. The zero-order valence-electron chi connectivity index (χ0n) is 9.93. The monoisotopic (exact) mass is 223 g/mol.